The summed E-state index contributed by atoms with van der Waals surface area (Å²) in [5.41, 5.74) is 0.903. The summed E-state index contributed by atoms with van der Waals surface area (Å²) in [5, 5.41) is 6.57. The SMILES string of the molecule is Cc1cc(C(=O)Nc2cccc(O[C@@]34CCCN(CC3)C4)c2)no1. The molecule has 2 saturated heterocycles. The molecule has 0 aliphatic carbocycles. The van der Waals surface area contributed by atoms with E-state index in [1.54, 1.807) is 13.0 Å². The fraction of sp³-hybridized carbons (Fsp3) is 0.444. The number of piperidine rings is 1. The molecule has 2 aromatic rings. The molecule has 2 atom stereocenters. The molecule has 1 unspecified atom stereocenters. The molecule has 1 N–H and O–H groups in total. The lowest BCUT2D eigenvalue weighted by molar-refractivity contribution is 0.0453. The number of anilines is 1. The van der Waals surface area contributed by atoms with Crippen LogP contribution in [0.25, 0.3) is 0 Å². The predicted octanol–water partition coefficient (Wildman–Crippen LogP) is 2.85. The van der Waals surface area contributed by atoms with Crippen LogP contribution in [0.5, 0.6) is 5.75 Å². The zero-order valence-corrected chi connectivity index (χ0v) is 13.7. The van der Waals surface area contributed by atoms with Gasteiger partial charge in [-0.3, -0.25) is 9.69 Å². The molecule has 2 aliphatic rings. The van der Waals surface area contributed by atoms with Crippen molar-refractivity contribution < 1.29 is 14.1 Å². The molecule has 126 valence electrons. The van der Waals surface area contributed by atoms with Crippen molar-refractivity contribution in [3.05, 3.63) is 41.8 Å². The van der Waals surface area contributed by atoms with Crippen molar-refractivity contribution in [2.45, 2.75) is 31.8 Å². The lowest BCUT2D eigenvalue weighted by atomic mass is 9.94. The van der Waals surface area contributed by atoms with Crippen molar-refractivity contribution in [3.8, 4) is 5.75 Å². The Morgan fingerprint density at radius 1 is 1.33 bits per heavy atom. The van der Waals surface area contributed by atoms with Crippen molar-refractivity contribution in [1.29, 1.82) is 0 Å². The maximum Gasteiger partial charge on any atom is 0.277 e. The van der Waals surface area contributed by atoms with Gasteiger partial charge in [-0.05, 0) is 38.4 Å². The molecule has 6 heteroatoms. The highest BCUT2D eigenvalue weighted by atomic mass is 16.5. The van der Waals surface area contributed by atoms with Crippen molar-refractivity contribution >= 4 is 11.6 Å². The number of fused-ring (bicyclic) bond motifs is 2. The number of rotatable bonds is 4. The highest BCUT2D eigenvalue weighted by molar-refractivity contribution is 6.02. The predicted molar refractivity (Wildman–Crippen MR) is 89.3 cm³/mol. The Kier molecular flexibility index (Phi) is 3.76. The summed E-state index contributed by atoms with van der Waals surface area (Å²) < 4.78 is 11.3. The van der Waals surface area contributed by atoms with E-state index in [-0.39, 0.29) is 17.2 Å². The van der Waals surface area contributed by atoms with E-state index in [9.17, 15) is 4.79 Å². The summed E-state index contributed by atoms with van der Waals surface area (Å²) in [7, 11) is 0. The van der Waals surface area contributed by atoms with E-state index in [1.807, 2.05) is 24.3 Å². The molecule has 1 aromatic heterocycles. The number of ether oxygens (including phenoxy) is 1. The fourth-order valence-corrected chi connectivity index (χ4v) is 3.64. The monoisotopic (exact) mass is 327 g/mol. The number of nitrogens with zero attached hydrogens (tertiary/aromatic N) is 2. The van der Waals surface area contributed by atoms with E-state index in [1.165, 1.54) is 13.0 Å². The largest absolute Gasteiger partial charge is 0.486 e. The van der Waals surface area contributed by atoms with Crippen LogP contribution in [-0.2, 0) is 0 Å². The van der Waals surface area contributed by atoms with Crippen LogP contribution in [0.1, 0.15) is 35.5 Å². The number of amides is 1. The zero-order chi connectivity index (χ0) is 16.6. The van der Waals surface area contributed by atoms with Crippen LogP contribution in [0.3, 0.4) is 0 Å². The van der Waals surface area contributed by atoms with Crippen LogP contribution in [0.15, 0.2) is 34.9 Å². The van der Waals surface area contributed by atoms with E-state index >= 15 is 0 Å². The molecule has 2 bridgehead atoms. The highest BCUT2D eigenvalue weighted by Crippen LogP contribution is 2.36. The third-order valence-electron chi connectivity index (χ3n) is 4.79. The lowest BCUT2D eigenvalue weighted by Gasteiger charge is -2.34. The van der Waals surface area contributed by atoms with E-state index < -0.39 is 0 Å². The van der Waals surface area contributed by atoms with Gasteiger partial charge >= 0.3 is 0 Å². The Morgan fingerprint density at radius 2 is 2.25 bits per heavy atom. The zero-order valence-electron chi connectivity index (χ0n) is 13.7. The average Bonchev–Trinajstić information content (AvgIpc) is 3.11. The maximum absolute atomic E-state index is 12.2. The number of carbonyl (C=O) groups excluding carboxylic acids is 1. The van der Waals surface area contributed by atoms with Crippen LogP contribution in [0.4, 0.5) is 5.69 Å². The minimum Gasteiger partial charge on any atom is -0.486 e. The molecule has 24 heavy (non-hydrogen) atoms. The molecule has 1 amide bonds. The van der Waals surface area contributed by atoms with Crippen LogP contribution >= 0.6 is 0 Å². The number of carbonyl (C=O) groups is 1. The molecule has 1 aromatic carbocycles. The first kappa shape index (κ1) is 15.2. The minimum absolute atomic E-state index is 0.0654. The van der Waals surface area contributed by atoms with E-state index in [0.29, 0.717) is 11.4 Å². The first-order valence-corrected chi connectivity index (χ1v) is 8.38. The summed E-state index contributed by atoms with van der Waals surface area (Å²) in [4.78, 5) is 14.6. The van der Waals surface area contributed by atoms with Gasteiger partial charge in [-0.25, -0.2) is 0 Å². The number of aryl methyl sites for hydroxylation is 1. The molecule has 2 fully saturated rings. The molecular weight excluding hydrogens is 306 g/mol. The number of hydrogen-bond donors (Lipinski definition) is 1. The van der Waals surface area contributed by atoms with Crippen molar-refractivity contribution in [2.75, 3.05) is 25.0 Å². The summed E-state index contributed by atoms with van der Waals surface area (Å²) in [6.45, 7) is 5.05. The van der Waals surface area contributed by atoms with Crippen LogP contribution in [0.2, 0.25) is 0 Å². The normalized spacial score (nSPS) is 25.5. The fourth-order valence-electron chi connectivity index (χ4n) is 3.64. The Hall–Kier alpha value is -2.34. The molecule has 0 spiro atoms. The first-order chi connectivity index (χ1) is 11.6. The Balaban J connectivity index is 1.46. The molecule has 2 aliphatic heterocycles. The van der Waals surface area contributed by atoms with Gasteiger partial charge in [-0.2, -0.15) is 0 Å². The highest BCUT2D eigenvalue weighted by Gasteiger charge is 2.42. The van der Waals surface area contributed by atoms with Crippen molar-refractivity contribution in [3.63, 3.8) is 0 Å². The molecule has 6 nitrogen and oxygen atoms in total. The van der Waals surface area contributed by atoms with Gasteiger partial charge in [0.05, 0.1) is 0 Å². The standard InChI is InChI=1S/C18H21N3O3/c1-13-10-16(20-24-13)17(22)19-14-4-2-5-15(11-14)23-18-6-3-8-21(12-18)9-7-18/h2,4-5,10-11H,3,6-9,12H2,1H3,(H,19,22)/t18-/m0/s1. The molecule has 0 saturated carbocycles. The van der Waals surface area contributed by atoms with Gasteiger partial charge in [0, 0.05) is 37.3 Å². The summed E-state index contributed by atoms with van der Waals surface area (Å²) >= 11 is 0. The van der Waals surface area contributed by atoms with Gasteiger partial charge in [0.2, 0.25) is 0 Å². The van der Waals surface area contributed by atoms with Crippen LogP contribution < -0.4 is 10.1 Å². The molecule has 4 rings (SSSR count). The van der Waals surface area contributed by atoms with Gasteiger partial charge in [0.25, 0.3) is 5.91 Å². The van der Waals surface area contributed by atoms with Crippen LogP contribution in [-0.4, -0.2) is 41.2 Å². The van der Waals surface area contributed by atoms with Crippen molar-refractivity contribution in [2.24, 2.45) is 0 Å². The van der Waals surface area contributed by atoms with Gasteiger partial charge in [0.15, 0.2) is 5.69 Å². The molecular formula is C18H21N3O3. The van der Waals surface area contributed by atoms with Gasteiger partial charge in [-0.15, -0.1) is 0 Å². The number of hydrogen-bond acceptors (Lipinski definition) is 5. The van der Waals surface area contributed by atoms with Gasteiger partial charge in [0.1, 0.15) is 17.1 Å². The third kappa shape index (κ3) is 3.01. The summed E-state index contributed by atoms with van der Waals surface area (Å²) in [6, 6.07) is 9.17. The van der Waals surface area contributed by atoms with Gasteiger partial charge in [-0.1, -0.05) is 11.2 Å². The van der Waals surface area contributed by atoms with E-state index in [4.69, 9.17) is 9.26 Å². The third-order valence-corrected chi connectivity index (χ3v) is 4.79. The minimum atomic E-state index is -0.285. The second-order valence-electron chi connectivity index (χ2n) is 6.72. The van der Waals surface area contributed by atoms with Crippen LogP contribution in [0, 0.1) is 6.92 Å². The Morgan fingerprint density at radius 3 is 3.08 bits per heavy atom. The Labute approximate surface area is 140 Å². The first-order valence-electron chi connectivity index (χ1n) is 8.38. The number of aromatic nitrogens is 1. The summed E-state index contributed by atoms with van der Waals surface area (Å²) in [5.74, 6) is 1.12. The number of benzene rings is 1. The second-order valence-corrected chi connectivity index (χ2v) is 6.72. The number of nitrogens with one attached hydrogen (secondary N) is 1. The quantitative estimate of drug-likeness (QED) is 0.935. The molecule has 3 heterocycles. The average molecular weight is 327 g/mol. The van der Waals surface area contributed by atoms with Crippen molar-refractivity contribution in [1.82, 2.24) is 10.1 Å². The van der Waals surface area contributed by atoms with E-state index in [0.717, 1.165) is 31.7 Å². The maximum atomic E-state index is 12.2. The second kappa shape index (κ2) is 5.94. The summed E-state index contributed by atoms with van der Waals surface area (Å²) in [6.07, 6.45) is 3.35. The van der Waals surface area contributed by atoms with E-state index in [2.05, 4.69) is 15.4 Å². The topological polar surface area (TPSA) is 67.6 Å². The van der Waals surface area contributed by atoms with Gasteiger partial charge < -0.3 is 14.6 Å². The lowest BCUT2D eigenvalue weighted by Crippen LogP contribution is -2.43. The smallest absolute Gasteiger partial charge is 0.277 e. The molecule has 0 radical (unpaired) electrons. The Bertz CT molecular complexity index is 753.